The summed E-state index contributed by atoms with van der Waals surface area (Å²) in [6, 6.07) is 7.00. The average Bonchev–Trinajstić information content (AvgIpc) is 2.81. The molecule has 1 aliphatic carbocycles. The second-order valence-electron chi connectivity index (χ2n) is 6.48. The number of Topliss-reactive ketones (excluding diaryl/α,β-unsaturated/α-hetero) is 1. The molecule has 1 N–H and O–H groups in total. The predicted octanol–water partition coefficient (Wildman–Crippen LogP) is 3.40. The molecule has 1 fully saturated rings. The summed E-state index contributed by atoms with van der Waals surface area (Å²) in [7, 11) is 0. The van der Waals surface area contributed by atoms with Gasteiger partial charge in [0.1, 0.15) is 6.54 Å². The molecule has 1 saturated carbocycles. The smallest absolute Gasteiger partial charge is 0.244 e. The van der Waals surface area contributed by atoms with Gasteiger partial charge < -0.3 is 10.2 Å². The fraction of sp³-hybridized carbons (Fsp3) is 0.526. The molecule has 0 radical (unpaired) electrons. The third kappa shape index (κ3) is 5.18. The Bertz CT molecular complexity index is 604. The van der Waals surface area contributed by atoms with Crippen LogP contribution in [0, 0.1) is 0 Å². The zero-order valence-electron chi connectivity index (χ0n) is 14.5. The fourth-order valence-electron chi connectivity index (χ4n) is 3.24. The van der Waals surface area contributed by atoms with Crippen LogP contribution in [0.4, 0.5) is 5.69 Å². The zero-order chi connectivity index (χ0) is 17.5. The fourth-order valence-corrected chi connectivity index (χ4v) is 3.24. The summed E-state index contributed by atoms with van der Waals surface area (Å²) in [5, 5.41) is 2.79. The lowest BCUT2D eigenvalue weighted by Crippen LogP contribution is -2.43. The van der Waals surface area contributed by atoms with E-state index in [9.17, 15) is 14.4 Å². The van der Waals surface area contributed by atoms with Crippen molar-refractivity contribution in [3.63, 3.8) is 0 Å². The van der Waals surface area contributed by atoms with Crippen molar-refractivity contribution in [2.24, 2.45) is 0 Å². The lowest BCUT2D eigenvalue weighted by Gasteiger charge is -2.29. The predicted molar refractivity (Wildman–Crippen MR) is 94.0 cm³/mol. The first-order valence-electron chi connectivity index (χ1n) is 8.65. The minimum Gasteiger partial charge on any atom is -0.331 e. The molecule has 0 aliphatic heterocycles. The second-order valence-corrected chi connectivity index (χ2v) is 6.48. The third-order valence-electron chi connectivity index (χ3n) is 4.54. The molecule has 0 atom stereocenters. The van der Waals surface area contributed by atoms with Gasteiger partial charge in [-0.1, -0.05) is 37.8 Å². The molecular weight excluding hydrogens is 304 g/mol. The Balaban J connectivity index is 2.01. The molecule has 0 heterocycles. The number of hydrogen-bond donors (Lipinski definition) is 1. The number of anilines is 1. The van der Waals surface area contributed by atoms with E-state index in [1.54, 1.807) is 29.2 Å². The van der Waals surface area contributed by atoms with Gasteiger partial charge >= 0.3 is 0 Å². The van der Waals surface area contributed by atoms with Crippen LogP contribution in [0.1, 0.15) is 62.7 Å². The van der Waals surface area contributed by atoms with E-state index in [1.165, 1.54) is 26.7 Å². The van der Waals surface area contributed by atoms with Crippen LogP contribution in [-0.4, -0.2) is 35.1 Å². The SMILES string of the molecule is CC(=O)c1cccc(NC(=O)CN(C(C)=O)C2CCCCCC2)c1. The Morgan fingerprint density at radius 1 is 1.08 bits per heavy atom. The Hall–Kier alpha value is -2.17. The highest BCUT2D eigenvalue weighted by Gasteiger charge is 2.24. The number of nitrogens with zero attached hydrogens (tertiary/aromatic N) is 1. The molecule has 5 heteroatoms. The number of ketones is 1. The van der Waals surface area contributed by atoms with Gasteiger partial charge in [-0.15, -0.1) is 0 Å². The quantitative estimate of drug-likeness (QED) is 0.664. The number of hydrogen-bond acceptors (Lipinski definition) is 3. The summed E-state index contributed by atoms with van der Waals surface area (Å²) >= 11 is 0. The largest absolute Gasteiger partial charge is 0.331 e. The molecule has 0 unspecified atom stereocenters. The van der Waals surface area contributed by atoms with Gasteiger partial charge in [-0.2, -0.15) is 0 Å². The van der Waals surface area contributed by atoms with Crippen LogP contribution in [-0.2, 0) is 9.59 Å². The van der Waals surface area contributed by atoms with Crippen molar-refractivity contribution in [3.05, 3.63) is 29.8 Å². The van der Waals surface area contributed by atoms with Gasteiger partial charge in [0.2, 0.25) is 11.8 Å². The molecule has 0 spiro atoms. The molecular formula is C19H26N2O3. The van der Waals surface area contributed by atoms with E-state index in [-0.39, 0.29) is 30.2 Å². The molecule has 2 rings (SSSR count). The van der Waals surface area contributed by atoms with Crippen LogP contribution in [0.15, 0.2) is 24.3 Å². The average molecular weight is 330 g/mol. The molecule has 1 aromatic rings. The monoisotopic (exact) mass is 330 g/mol. The Morgan fingerprint density at radius 2 is 1.75 bits per heavy atom. The highest BCUT2D eigenvalue weighted by Crippen LogP contribution is 2.22. The van der Waals surface area contributed by atoms with E-state index < -0.39 is 0 Å². The number of nitrogens with one attached hydrogen (secondary N) is 1. The molecule has 1 aliphatic rings. The number of amides is 2. The van der Waals surface area contributed by atoms with Crippen molar-refractivity contribution in [2.45, 2.75) is 58.4 Å². The minimum atomic E-state index is -0.227. The van der Waals surface area contributed by atoms with Crippen LogP contribution in [0.3, 0.4) is 0 Å². The van der Waals surface area contributed by atoms with Crippen molar-refractivity contribution >= 4 is 23.3 Å². The summed E-state index contributed by atoms with van der Waals surface area (Å²) in [6.07, 6.45) is 6.55. The van der Waals surface area contributed by atoms with Crippen LogP contribution in [0.5, 0.6) is 0 Å². The van der Waals surface area contributed by atoms with Crippen molar-refractivity contribution in [2.75, 3.05) is 11.9 Å². The molecule has 24 heavy (non-hydrogen) atoms. The maximum Gasteiger partial charge on any atom is 0.244 e. The van der Waals surface area contributed by atoms with E-state index in [0.717, 1.165) is 25.7 Å². The topological polar surface area (TPSA) is 66.5 Å². The highest BCUT2D eigenvalue weighted by molar-refractivity contribution is 5.98. The number of carbonyl (C=O) groups excluding carboxylic acids is 3. The van der Waals surface area contributed by atoms with Crippen LogP contribution >= 0.6 is 0 Å². The number of carbonyl (C=O) groups is 3. The molecule has 0 bridgehead atoms. The second kappa shape index (κ2) is 8.62. The third-order valence-corrected chi connectivity index (χ3v) is 4.54. The first-order chi connectivity index (χ1) is 11.5. The first kappa shape index (κ1) is 18.2. The Kier molecular flexibility index (Phi) is 6.53. The minimum absolute atomic E-state index is 0.0464. The molecule has 130 valence electrons. The van der Waals surface area contributed by atoms with Gasteiger partial charge in [-0.3, -0.25) is 14.4 Å². The summed E-state index contributed by atoms with van der Waals surface area (Å²) in [4.78, 5) is 37.4. The van der Waals surface area contributed by atoms with Crippen molar-refractivity contribution < 1.29 is 14.4 Å². The summed E-state index contributed by atoms with van der Waals surface area (Å²) in [6.45, 7) is 3.07. The van der Waals surface area contributed by atoms with Crippen LogP contribution < -0.4 is 5.32 Å². The maximum atomic E-state index is 12.3. The molecule has 2 amide bonds. The summed E-state index contributed by atoms with van der Waals surface area (Å²) in [5.74, 6) is -0.334. The van der Waals surface area contributed by atoms with E-state index in [2.05, 4.69) is 5.32 Å². The lowest BCUT2D eigenvalue weighted by atomic mass is 10.1. The van der Waals surface area contributed by atoms with Gasteiger partial charge in [0, 0.05) is 24.2 Å². The van der Waals surface area contributed by atoms with Crippen molar-refractivity contribution in [1.82, 2.24) is 4.90 Å². The van der Waals surface area contributed by atoms with Crippen LogP contribution in [0.25, 0.3) is 0 Å². The summed E-state index contributed by atoms with van der Waals surface area (Å²) < 4.78 is 0. The lowest BCUT2D eigenvalue weighted by molar-refractivity contribution is -0.135. The van der Waals surface area contributed by atoms with Gasteiger partial charge in [-0.25, -0.2) is 0 Å². The van der Waals surface area contributed by atoms with Gasteiger partial charge in [0.05, 0.1) is 0 Å². The van der Waals surface area contributed by atoms with Gasteiger partial charge in [0.15, 0.2) is 5.78 Å². The molecule has 5 nitrogen and oxygen atoms in total. The molecule has 1 aromatic carbocycles. The van der Waals surface area contributed by atoms with Crippen molar-refractivity contribution in [3.8, 4) is 0 Å². The van der Waals surface area contributed by atoms with Gasteiger partial charge in [-0.05, 0) is 31.9 Å². The maximum absolute atomic E-state index is 12.3. The Morgan fingerprint density at radius 3 is 2.33 bits per heavy atom. The number of benzene rings is 1. The van der Waals surface area contributed by atoms with Crippen LogP contribution in [0.2, 0.25) is 0 Å². The highest BCUT2D eigenvalue weighted by atomic mass is 16.2. The zero-order valence-corrected chi connectivity index (χ0v) is 14.5. The van der Waals surface area contributed by atoms with E-state index in [4.69, 9.17) is 0 Å². The number of rotatable bonds is 5. The first-order valence-corrected chi connectivity index (χ1v) is 8.65. The molecule has 0 saturated heterocycles. The Labute approximate surface area is 143 Å². The van der Waals surface area contributed by atoms with Crippen molar-refractivity contribution in [1.29, 1.82) is 0 Å². The van der Waals surface area contributed by atoms with E-state index in [1.807, 2.05) is 0 Å². The summed E-state index contributed by atoms with van der Waals surface area (Å²) in [5.41, 5.74) is 1.14. The van der Waals surface area contributed by atoms with E-state index >= 15 is 0 Å². The molecule has 0 aromatic heterocycles. The normalized spacial score (nSPS) is 15.4. The van der Waals surface area contributed by atoms with Gasteiger partial charge in [0.25, 0.3) is 0 Å². The van der Waals surface area contributed by atoms with E-state index in [0.29, 0.717) is 11.3 Å². The standard InChI is InChI=1S/C19H26N2O3/c1-14(22)16-8-7-9-17(12-16)20-19(24)13-21(15(2)23)18-10-5-3-4-6-11-18/h7-9,12,18H,3-6,10-11,13H2,1-2H3,(H,20,24).